The van der Waals surface area contributed by atoms with Gasteiger partial charge in [-0.2, -0.15) is 0 Å². The molecule has 6 heteroatoms. The highest BCUT2D eigenvalue weighted by Crippen LogP contribution is 2.42. The van der Waals surface area contributed by atoms with E-state index in [0.29, 0.717) is 17.1 Å². The molecule has 25 heavy (non-hydrogen) atoms. The van der Waals surface area contributed by atoms with Crippen molar-refractivity contribution in [1.29, 1.82) is 0 Å². The Kier molecular flexibility index (Phi) is 3.92. The smallest absolute Gasteiger partial charge is 0.270 e. The van der Waals surface area contributed by atoms with E-state index >= 15 is 0 Å². The molecule has 4 rings (SSSR count). The van der Waals surface area contributed by atoms with Gasteiger partial charge in [0.05, 0.1) is 16.6 Å². The number of aromatic amines is 1. The molecule has 0 saturated heterocycles. The Morgan fingerprint density at radius 2 is 1.88 bits per heavy atom. The second-order valence-electron chi connectivity index (χ2n) is 6.47. The van der Waals surface area contributed by atoms with E-state index in [1.807, 2.05) is 38.1 Å². The summed E-state index contributed by atoms with van der Waals surface area (Å²) in [6.07, 6.45) is 0. The number of carbonyl (C=O) groups is 1. The molecular formula is C19H19N3O2S. The van der Waals surface area contributed by atoms with E-state index in [-0.39, 0.29) is 22.8 Å². The van der Waals surface area contributed by atoms with E-state index in [1.165, 1.54) is 11.8 Å². The highest BCUT2D eigenvalue weighted by molar-refractivity contribution is 8.00. The summed E-state index contributed by atoms with van der Waals surface area (Å²) in [5.41, 5.74) is 1.55. The first-order valence-corrected chi connectivity index (χ1v) is 9.34. The van der Waals surface area contributed by atoms with Gasteiger partial charge in [0.25, 0.3) is 5.56 Å². The van der Waals surface area contributed by atoms with Gasteiger partial charge in [0.1, 0.15) is 5.82 Å². The lowest BCUT2D eigenvalue weighted by molar-refractivity contribution is -0.113. The monoisotopic (exact) mass is 353 g/mol. The molecule has 2 N–H and O–H groups in total. The number of nitrogens with one attached hydrogen (secondary N) is 2. The van der Waals surface area contributed by atoms with E-state index in [1.54, 1.807) is 4.68 Å². The highest BCUT2D eigenvalue weighted by atomic mass is 32.2. The van der Waals surface area contributed by atoms with Crippen molar-refractivity contribution in [3.8, 4) is 0 Å². The highest BCUT2D eigenvalue weighted by Gasteiger charge is 2.31. The predicted octanol–water partition coefficient (Wildman–Crippen LogP) is 3.69. The van der Waals surface area contributed by atoms with Crippen LogP contribution in [0.3, 0.4) is 0 Å². The minimum absolute atomic E-state index is 0.0491. The molecule has 0 aliphatic carbocycles. The average molecular weight is 353 g/mol. The van der Waals surface area contributed by atoms with Gasteiger partial charge in [0.15, 0.2) is 0 Å². The number of benzene rings is 2. The number of hydrogen-bond donors (Lipinski definition) is 2. The lowest BCUT2D eigenvalue weighted by Gasteiger charge is -2.17. The Morgan fingerprint density at radius 1 is 1.12 bits per heavy atom. The van der Waals surface area contributed by atoms with Crippen LogP contribution in [0, 0.1) is 0 Å². The molecule has 0 unspecified atom stereocenters. The summed E-state index contributed by atoms with van der Waals surface area (Å²) in [7, 11) is 0. The van der Waals surface area contributed by atoms with Crippen molar-refractivity contribution in [2.75, 3.05) is 11.1 Å². The van der Waals surface area contributed by atoms with E-state index < -0.39 is 0 Å². The first-order valence-electron chi connectivity index (χ1n) is 8.30. The number of hydrogen-bond acceptors (Lipinski definition) is 3. The Hall–Kier alpha value is -2.47. The zero-order chi connectivity index (χ0) is 17.6. The van der Waals surface area contributed by atoms with Crippen LogP contribution in [0.25, 0.3) is 10.8 Å². The second-order valence-corrected chi connectivity index (χ2v) is 7.57. The number of H-pyrrole nitrogens is 1. The van der Waals surface area contributed by atoms with Crippen molar-refractivity contribution in [2.45, 2.75) is 25.1 Å². The van der Waals surface area contributed by atoms with Crippen molar-refractivity contribution < 1.29 is 4.79 Å². The van der Waals surface area contributed by atoms with Crippen LogP contribution in [-0.4, -0.2) is 21.4 Å². The molecule has 1 atom stereocenters. The molecule has 2 aromatic carbocycles. The molecule has 1 aromatic heterocycles. The van der Waals surface area contributed by atoms with Crippen LogP contribution in [0.2, 0.25) is 0 Å². The molecule has 1 aliphatic heterocycles. The van der Waals surface area contributed by atoms with Crippen molar-refractivity contribution in [1.82, 2.24) is 9.78 Å². The molecular weight excluding hydrogens is 334 g/mol. The van der Waals surface area contributed by atoms with E-state index in [0.717, 1.165) is 16.3 Å². The fraction of sp³-hybridized carbons (Fsp3) is 0.263. The maximum atomic E-state index is 12.7. The van der Waals surface area contributed by atoms with E-state index in [9.17, 15) is 9.59 Å². The molecule has 2 heterocycles. The van der Waals surface area contributed by atoms with Gasteiger partial charge in [-0.15, -0.1) is 11.8 Å². The number of carbonyl (C=O) groups excluding carboxylic acids is 1. The topological polar surface area (TPSA) is 66.9 Å². The van der Waals surface area contributed by atoms with Crippen LogP contribution in [-0.2, 0) is 4.79 Å². The first kappa shape index (κ1) is 16.0. The fourth-order valence-electron chi connectivity index (χ4n) is 3.36. The first-order chi connectivity index (χ1) is 12.1. The third-order valence-corrected chi connectivity index (χ3v) is 5.74. The molecule has 0 saturated carbocycles. The third-order valence-electron chi connectivity index (χ3n) is 4.49. The lowest BCUT2D eigenvalue weighted by Crippen LogP contribution is -2.17. The molecule has 0 fully saturated rings. The molecule has 1 aliphatic rings. The summed E-state index contributed by atoms with van der Waals surface area (Å²) < 4.78 is 1.75. The van der Waals surface area contributed by atoms with Crippen LogP contribution < -0.4 is 10.9 Å². The van der Waals surface area contributed by atoms with E-state index in [2.05, 4.69) is 28.6 Å². The quantitative estimate of drug-likeness (QED) is 0.738. The molecule has 1 amide bonds. The van der Waals surface area contributed by atoms with E-state index in [4.69, 9.17) is 0 Å². The minimum Gasteiger partial charge on any atom is -0.310 e. The van der Waals surface area contributed by atoms with Crippen LogP contribution in [0.4, 0.5) is 5.82 Å². The largest absolute Gasteiger partial charge is 0.310 e. The molecule has 5 nitrogen and oxygen atoms in total. The number of fused-ring (bicyclic) bond motifs is 2. The Balaban J connectivity index is 1.98. The van der Waals surface area contributed by atoms with Gasteiger partial charge in [-0.05, 0) is 30.2 Å². The van der Waals surface area contributed by atoms with Gasteiger partial charge in [-0.25, -0.2) is 0 Å². The van der Waals surface area contributed by atoms with Gasteiger partial charge in [0, 0.05) is 6.04 Å². The van der Waals surface area contributed by atoms with Gasteiger partial charge < -0.3 is 5.32 Å². The zero-order valence-corrected chi connectivity index (χ0v) is 14.9. The summed E-state index contributed by atoms with van der Waals surface area (Å²) >= 11 is 1.50. The second kappa shape index (κ2) is 6.11. The number of amides is 1. The maximum absolute atomic E-state index is 12.7. The van der Waals surface area contributed by atoms with Gasteiger partial charge in [-0.1, -0.05) is 42.5 Å². The summed E-state index contributed by atoms with van der Waals surface area (Å²) in [5.74, 6) is 0.829. The van der Waals surface area contributed by atoms with Crippen molar-refractivity contribution in [2.24, 2.45) is 0 Å². The zero-order valence-electron chi connectivity index (χ0n) is 14.1. The SMILES string of the molecule is CC(C)n1[nH]c(=O)c2c1NC(=O)CS[C@H]2c1cccc2ccccc12. The van der Waals surface area contributed by atoms with Gasteiger partial charge in [0.2, 0.25) is 5.91 Å². The summed E-state index contributed by atoms with van der Waals surface area (Å²) in [5, 5.41) is 7.85. The number of thioether (sulfide) groups is 1. The predicted molar refractivity (Wildman–Crippen MR) is 102 cm³/mol. The van der Waals surface area contributed by atoms with Crippen LogP contribution in [0.5, 0.6) is 0 Å². The average Bonchev–Trinajstić information content (AvgIpc) is 2.82. The number of rotatable bonds is 2. The fourth-order valence-corrected chi connectivity index (χ4v) is 4.52. The minimum atomic E-state index is -0.191. The number of anilines is 1. The normalized spacial score (nSPS) is 17.4. The molecule has 0 spiro atoms. The molecule has 0 bridgehead atoms. The number of nitrogens with zero attached hydrogens (tertiary/aromatic N) is 1. The van der Waals surface area contributed by atoms with Gasteiger partial charge >= 0.3 is 0 Å². The summed E-state index contributed by atoms with van der Waals surface area (Å²) in [6.45, 7) is 3.96. The van der Waals surface area contributed by atoms with Crippen molar-refractivity contribution in [3.05, 3.63) is 63.9 Å². The van der Waals surface area contributed by atoms with Gasteiger partial charge in [-0.3, -0.25) is 19.4 Å². The summed E-state index contributed by atoms with van der Waals surface area (Å²) in [6, 6.07) is 14.3. The lowest BCUT2D eigenvalue weighted by atomic mass is 9.99. The Labute approximate surface area is 149 Å². The van der Waals surface area contributed by atoms with Crippen molar-refractivity contribution in [3.63, 3.8) is 0 Å². The molecule has 0 radical (unpaired) electrons. The maximum Gasteiger partial charge on any atom is 0.270 e. The molecule has 3 aromatic rings. The van der Waals surface area contributed by atoms with Crippen LogP contribution >= 0.6 is 11.8 Å². The standard InChI is InChI=1S/C19H19N3O2S/c1-11(2)22-18-16(19(24)21-22)17(25-10-15(23)20-18)14-9-5-7-12-6-3-4-8-13(12)14/h3-9,11,17H,10H2,1-2H3,(H,20,23)(H,21,24)/t17-/m0/s1. The number of aromatic nitrogens is 2. The summed E-state index contributed by atoms with van der Waals surface area (Å²) in [4.78, 5) is 24.9. The van der Waals surface area contributed by atoms with Crippen molar-refractivity contribution >= 4 is 34.3 Å². The Morgan fingerprint density at radius 3 is 2.68 bits per heavy atom. The van der Waals surface area contributed by atoms with Crippen LogP contribution in [0.15, 0.2) is 47.3 Å². The molecule has 128 valence electrons. The Bertz CT molecular complexity index is 1010. The third kappa shape index (κ3) is 2.66. The van der Waals surface area contributed by atoms with Crippen LogP contribution in [0.1, 0.15) is 36.3 Å².